The molecule has 208 valence electrons. The molecule has 3 heteroatoms. The number of hydrogen-bond donors (Lipinski definition) is 1. The van der Waals surface area contributed by atoms with E-state index < -0.39 is 0 Å². The molecule has 1 saturated heterocycles. The molecule has 1 amide bonds. The number of amides is 1. The third-order valence-electron chi connectivity index (χ3n) is 12.7. The van der Waals surface area contributed by atoms with Crippen molar-refractivity contribution in [2.45, 2.75) is 110 Å². The van der Waals surface area contributed by atoms with E-state index in [0.717, 1.165) is 68.9 Å². The fourth-order valence-electron chi connectivity index (χ4n) is 10.5. The molecule has 1 aromatic rings. The minimum Gasteiger partial charge on any atom is -0.393 e. The molecule has 3 saturated carbocycles. The summed E-state index contributed by atoms with van der Waals surface area (Å²) in [5, 5.41) is 10.3. The van der Waals surface area contributed by atoms with Gasteiger partial charge in [0, 0.05) is 25.4 Å². The van der Waals surface area contributed by atoms with Gasteiger partial charge in [0.25, 0.3) is 0 Å². The third kappa shape index (κ3) is 4.59. The molecule has 6 rings (SSSR count). The lowest BCUT2D eigenvalue weighted by Crippen LogP contribution is -2.50. The van der Waals surface area contributed by atoms with Crippen molar-refractivity contribution in [3.8, 4) is 0 Å². The van der Waals surface area contributed by atoms with Gasteiger partial charge in [-0.05, 0) is 117 Å². The first-order valence-electron chi connectivity index (χ1n) is 16.0. The van der Waals surface area contributed by atoms with Crippen LogP contribution in [0.25, 0.3) is 0 Å². The fourth-order valence-corrected chi connectivity index (χ4v) is 10.5. The molecule has 1 N–H and O–H groups in total. The first-order valence-corrected chi connectivity index (χ1v) is 16.0. The van der Waals surface area contributed by atoms with Crippen molar-refractivity contribution in [1.29, 1.82) is 0 Å². The maximum Gasteiger partial charge on any atom is 0.222 e. The molecule has 5 aliphatic rings. The quantitative estimate of drug-likeness (QED) is 0.406. The van der Waals surface area contributed by atoms with Crippen molar-refractivity contribution in [3.63, 3.8) is 0 Å². The van der Waals surface area contributed by atoms with Crippen molar-refractivity contribution >= 4 is 5.91 Å². The number of aliphatic hydroxyl groups is 1. The summed E-state index contributed by atoms with van der Waals surface area (Å²) in [6.45, 7) is 9.46. The normalized spacial score (nSPS) is 41.5. The molecule has 0 radical (unpaired) electrons. The van der Waals surface area contributed by atoms with Crippen LogP contribution in [0.2, 0.25) is 0 Å². The molecular weight excluding hydrogens is 466 g/mol. The number of carbonyl (C=O) groups is 1. The second-order valence-corrected chi connectivity index (χ2v) is 14.5. The van der Waals surface area contributed by atoms with Crippen LogP contribution in [0.15, 0.2) is 42.0 Å². The van der Waals surface area contributed by atoms with Crippen LogP contribution >= 0.6 is 0 Å². The molecule has 4 fully saturated rings. The van der Waals surface area contributed by atoms with E-state index in [4.69, 9.17) is 0 Å². The molecule has 1 aliphatic heterocycles. The molecule has 4 aliphatic carbocycles. The molecule has 1 heterocycles. The van der Waals surface area contributed by atoms with Crippen LogP contribution in [-0.2, 0) is 4.79 Å². The minimum absolute atomic E-state index is 0.117. The van der Waals surface area contributed by atoms with Gasteiger partial charge >= 0.3 is 0 Å². The van der Waals surface area contributed by atoms with Crippen LogP contribution < -0.4 is 0 Å². The summed E-state index contributed by atoms with van der Waals surface area (Å²) >= 11 is 0. The Balaban J connectivity index is 1.07. The summed E-state index contributed by atoms with van der Waals surface area (Å²) in [5.74, 6) is 4.72. The smallest absolute Gasteiger partial charge is 0.222 e. The van der Waals surface area contributed by atoms with Gasteiger partial charge in [-0.1, -0.05) is 62.8 Å². The predicted octanol–water partition coefficient (Wildman–Crippen LogP) is 7.75. The topological polar surface area (TPSA) is 40.5 Å². The van der Waals surface area contributed by atoms with Crippen molar-refractivity contribution in [3.05, 3.63) is 47.5 Å². The Morgan fingerprint density at radius 1 is 1.05 bits per heavy atom. The van der Waals surface area contributed by atoms with Gasteiger partial charge in [-0.2, -0.15) is 0 Å². The maximum atomic E-state index is 13.3. The number of benzene rings is 1. The van der Waals surface area contributed by atoms with Crippen LogP contribution in [0.5, 0.6) is 0 Å². The molecular formula is C35H51NO2. The average Bonchev–Trinajstić information content (AvgIpc) is 3.30. The van der Waals surface area contributed by atoms with Crippen LogP contribution in [0, 0.1) is 40.4 Å². The Kier molecular flexibility index (Phi) is 7.29. The van der Waals surface area contributed by atoms with Gasteiger partial charge in [0.1, 0.15) is 0 Å². The van der Waals surface area contributed by atoms with Gasteiger partial charge < -0.3 is 10.0 Å². The number of likely N-dealkylation sites (tertiary alicyclic amines) is 1. The molecule has 1 aromatic carbocycles. The summed E-state index contributed by atoms with van der Waals surface area (Å²) < 4.78 is 0. The largest absolute Gasteiger partial charge is 0.393 e. The van der Waals surface area contributed by atoms with Gasteiger partial charge in [0.15, 0.2) is 0 Å². The van der Waals surface area contributed by atoms with Gasteiger partial charge in [0.2, 0.25) is 5.91 Å². The molecule has 38 heavy (non-hydrogen) atoms. The first-order chi connectivity index (χ1) is 18.3. The van der Waals surface area contributed by atoms with E-state index in [1.165, 1.54) is 50.5 Å². The van der Waals surface area contributed by atoms with Crippen LogP contribution in [-0.4, -0.2) is 35.1 Å². The van der Waals surface area contributed by atoms with E-state index >= 15 is 0 Å². The highest BCUT2D eigenvalue weighted by Gasteiger charge is 2.59. The monoisotopic (exact) mass is 517 g/mol. The fraction of sp³-hybridized carbons (Fsp3) is 0.743. The minimum atomic E-state index is -0.117. The number of hydrogen-bond acceptors (Lipinski definition) is 2. The highest BCUT2D eigenvalue weighted by molar-refractivity contribution is 5.76. The van der Waals surface area contributed by atoms with Gasteiger partial charge in [-0.3, -0.25) is 4.79 Å². The Bertz CT molecular complexity index is 1030. The SMILES string of the molecule is C[C@H](CCC(=O)N1CCC[C@H](c2ccccc2)C1)[C@H]1CC[C@H]2[C@@H]3CC=C4C[C@@H](O)CC[C@]4(C)[C@H]3CC[C@]12C. The van der Waals surface area contributed by atoms with Crippen LogP contribution in [0.4, 0.5) is 0 Å². The Hall–Kier alpha value is -1.61. The number of allylic oxidation sites excluding steroid dienone is 1. The molecule has 0 spiro atoms. The zero-order valence-electron chi connectivity index (χ0n) is 24.2. The number of fused-ring (bicyclic) bond motifs is 5. The lowest BCUT2D eigenvalue weighted by molar-refractivity contribution is -0.133. The van der Waals surface area contributed by atoms with E-state index in [1.54, 1.807) is 5.57 Å². The summed E-state index contributed by atoms with van der Waals surface area (Å²) in [6, 6.07) is 10.8. The van der Waals surface area contributed by atoms with Gasteiger partial charge in [-0.25, -0.2) is 0 Å². The molecule has 0 aromatic heterocycles. The number of piperidine rings is 1. The summed E-state index contributed by atoms with van der Waals surface area (Å²) in [7, 11) is 0. The molecule has 0 bridgehead atoms. The predicted molar refractivity (Wildman–Crippen MR) is 155 cm³/mol. The lowest BCUT2D eigenvalue weighted by atomic mass is 9.47. The van der Waals surface area contributed by atoms with Gasteiger partial charge in [-0.15, -0.1) is 0 Å². The highest BCUT2D eigenvalue weighted by atomic mass is 16.3. The van der Waals surface area contributed by atoms with E-state index in [9.17, 15) is 9.90 Å². The molecule has 9 atom stereocenters. The number of rotatable bonds is 5. The lowest BCUT2D eigenvalue weighted by Gasteiger charge is -2.58. The van der Waals surface area contributed by atoms with Crippen molar-refractivity contribution in [2.75, 3.05) is 13.1 Å². The zero-order valence-corrected chi connectivity index (χ0v) is 24.2. The number of nitrogens with zero attached hydrogens (tertiary/aromatic N) is 1. The van der Waals surface area contributed by atoms with E-state index in [1.807, 2.05) is 0 Å². The summed E-state index contributed by atoms with van der Waals surface area (Å²) in [4.78, 5) is 15.5. The van der Waals surface area contributed by atoms with Crippen LogP contribution in [0.1, 0.15) is 109 Å². The molecule has 3 nitrogen and oxygen atoms in total. The second-order valence-electron chi connectivity index (χ2n) is 14.5. The van der Waals surface area contributed by atoms with Gasteiger partial charge in [0.05, 0.1) is 6.10 Å². The highest BCUT2D eigenvalue weighted by Crippen LogP contribution is 2.67. The third-order valence-corrected chi connectivity index (χ3v) is 12.7. The Labute approximate surface area is 231 Å². The summed E-state index contributed by atoms with van der Waals surface area (Å²) in [6.07, 6.45) is 16.3. The Morgan fingerprint density at radius 3 is 2.68 bits per heavy atom. The number of aliphatic hydroxyl groups excluding tert-OH is 1. The zero-order chi connectivity index (χ0) is 26.5. The number of carbonyl (C=O) groups excluding carboxylic acids is 1. The second kappa shape index (κ2) is 10.4. The molecule has 0 unspecified atom stereocenters. The van der Waals surface area contributed by atoms with Crippen LogP contribution in [0.3, 0.4) is 0 Å². The van der Waals surface area contributed by atoms with E-state index in [-0.39, 0.29) is 6.10 Å². The van der Waals surface area contributed by atoms with Crippen molar-refractivity contribution in [1.82, 2.24) is 4.90 Å². The average molecular weight is 518 g/mol. The van der Waals surface area contributed by atoms with E-state index in [0.29, 0.717) is 28.6 Å². The summed E-state index contributed by atoms with van der Waals surface area (Å²) in [5.41, 5.74) is 3.73. The Morgan fingerprint density at radius 2 is 1.87 bits per heavy atom. The van der Waals surface area contributed by atoms with E-state index in [2.05, 4.69) is 62.1 Å². The maximum absolute atomic E-state index is 13.3. The van der Waals surface area contributed by atoms with Crippen molar-refractivity contribution < 1.29 is 9.90 Å². The standard InChI is InChI=1S/C35H51NO2/c1-24(11-16-33(38)36-21-7-10-26(23-36)25-8-5-4-6-9-25)30-14-15-31-29-13-12-27-22-28(37)17-19-34(27,2)32(29)18-20-35(30,31)3/h4-6,8-9,12,24,26,28-32,37H,7,10-11,13-23H2,1-3H3/t24-,26+,28+,29+,30-,31+,32+,34+,35-/m1/s1. The van der Waals surface area contributed by atoms with Crippen molar-refractivity contribution in [2.24, 2.45) is 40.4 Å². The first kappa shape index (κ1) is 26.6.